The molecule has 0 spiro atoms. The molecule has 7 nitrogen and oxygen atoms in total. The molecule has 3 rings (SSSR count). The average Bonchev–Trinajstić information content (AvgIpc) is 3.26. The minimum absolute atomic E-state index is 0.106. The normalized spacial score (nSPS) is 15.5. The Morgan fingerprint density at radius 3 is 2.41 bits per heavy atom. The topological polar surface area (TPSA) is 72.4 Å². The third kappa shape index (κ3) is 6.33. The molecule has 0 saturated carbocycles. The van der Waals surface area contributed by atoms with E-state index in [2.05, 4.69) is 10.5 Å². The van der Waals surface area contributed by atoms with E-state index in [0.717, 1.165) is 17.7 Å². The zero-order valence-electron chi connectivity index (χ0n) is 19.5. The van der Waals surface area contributed by atoms with Crippen molar-refractivity contribution in [2.24, 2.45) is 5.16 Å². The van der Waals surface area contributed by atoms with Gasteiger partial charge in [0.15, 0.2) is 17.6 Å². The fourth-order valence-electron chi connectivity index (χ4n) is 3.54. The molecule has 0 bridgehead atoms. The highest BCUT2D eigenvalue weighted by molar-refractivity contribution is 6.01. The van der Waals surface area contributed by atoms with Gasteiger partial charge in [0.25, 0.3) is 0 Å². The number of methoxy groups -OCH3 is 2. The van der Waals surface area contributed by atoms with Crippen LogP contribution in [-0.2, 0) is 17.6 Å². The lowest BCUT2D eigenvalue weighted by Gasteiger charge is -2.26. The van der Waals surface area contributed by atoms with E-state index in [1.165, 1.54) is 17.0 Å². The number of rotatable bonds is 8. The van der Waals surface area contributed by atoms with Crippen LogP contribution < -0.4 is 14.8 Å². The van der Waals surface area contributed by atoms with Gasteiger partial charge < -0.3 is 24.5 Å². The number of urea groups is 1. The monoisotopic (exact) mass is 479 g/mol. The molecular weight excluding hydrogens is 451 g/mol. The summed E-state index contributed by atoms with van der Waals surface area (Å²) in [6, 6.07) is 9.75. The van der Waals surface area contributed by atoms with E-state index >= 15 is 0 Å². The van der Waals surface area contributed by atoms with E-state index < -0.39 is 17.8 Å². The molecule has 0 fully saturated rings. The molecule has 2 aromatic rings. The highest BCUT2D eigenvalue weighted by atomic mass is 19.4. The van der Waals surface area contributed by atoms with Gasteiger partial charge in [0, 0.05) is 24.6 Å². The Morgan fingerprint density at radius 2 is 1.82 bits per heavy atom. The van der Waals surface area contributed by atoms with Crippen LogP contribution in [-0.4, -0.2) is 49.6 Å². The summed E-state index contributed by atoms with van der Waals surface area (Å²) in [5, 5.41) is 7.00. The number of nitrogens with zero attached hydrogens (tertiary/aromatic N) is 2. The van der Waals surface area contributed by atoms with Crippen molar-refractivity contribution in [1.29, 1.82) is 0 Å². The molecule has 0 unspecified atom stereocenters. The van der Waals surface area contributed by atoms with Crippen molar-refractivity contribution in [3.8, 4) is 11.5 Å². The molecule has 2 aromatic carbocycles. The first-order valence-electron chi connectivity index (χ1n) is 10.8. The Morgan fingerprint density at radius 1 is 1.15 bits per heavy atom. The van der Waals surface area contributed by atoms with Crippen molar-refractivity contribution in [2.75, 3.05) is 20.8 Å². The maximum absolute atomic E-state index is 12.9. The summed E-state index contributed by atoms with van der Waals surface area (Å²) in [4.78, 5) is 19.9. The van der Waals surface area contributed by atoms with Gasteiger partial charge in [-0.25, -0.2) is 4.79 Å². The van der Waals surface area contributed by atoms with Gasteiger partial charge in [-0.1, -0.05) is 17.3 Å². The molecule has 1 atom stereocenters. The first-order chi connectivity index (χ1) is 16.1. The number of carbonyl (C=O) groups is 1. The smallest absolute Gasteiger partial charge is 0.416 e. The molecule has 10 heteroatoms. The Hall–Kier alpha value is -3.43. The van der Waals surface area contributed by atoms with Crippen LogP contribution in [0.2, 0.25) is 0 Å². The predicted molar refractivity (Wildman–Crippen MR) is 121 cm³/mol. The van der Waals surface area contributed by atoms with Gasteiger partial charge in [-0.05, 0) is 49.7 Å². The van der Waals surface area contributed by atoms with E-state index in [0.29, 0.717) is 29.2 Å². The van der Waals surface area contributed by atoms with Gasteiger partial charge in [-0.2, -0.15) is 13.2 Å². The van der Waals surface area contributed by atoms with E-state index in [4.69, 9.17) is 14.3 Å². The summed E-state index contributed by atoms with van der Waals surface area (Å²) in [6.07, 6.45) is -4.37. The fraction of sp³-hybridized carbons (Fsp3) is 0.417. The number of amides is 2. The van der Waals surface area contributed by atoms with Crippen molar-refractivity contribution < 1.29 is 32.3 Å². The summed E-state index contributed by atoms with van der Waals surface area (Å²) in [7, 11) is 3.10. The van der Waals surface area contributed by atoms with Crippen molar-refractivity contribution >= 4 is 11.7 Å². The summed E-state index contributed by atoms with van der Waals surface area (Å²) in [5.41, 5.74) is 1.35. The van der Waals surface area contributed by atoms with Crippen molar-refractivity contribution in [3.05, 3.63) is 59.2 Å². The van der Waals surface area contributed by atoms with Gasteiger partial charge in [-0.15, -0.1) is 0 Å². The summed E-state index contributed by atoms with van der Waals surface area (Å²) in [5.74, 6) is 1.15. The molecule has 1 aliphatic heterocycles. The zero-order valence-corrected chi connectivity index (χ0v) is 19.5. The van der Waals surface area contributed by atoms with Crippen LogP contribution in [0, 0.1) is 0 Å². The van der Waals surface area contributed by atoms with Crippen LogP contribution in [0.25, 0.3) is 0 Å². The number of halogens is 3. The number of ether oxygens (including phenoxy) is 2. The number of alkyl halides is 3. The second-order valence-corrected chi connectivity index (χ2v) is 8.22. The minimum atomic E-state index is -4.41. The zero-order chi connectivity index (χ0) is 24.9. The maximum Gasteiger partial charge on any atom is 0.416 e. The number of carbonyl (C=O) groups excluding carboxylic acids is 1. The second-order valence-electron chi connectivity index (χ2n) is 8.22. The van der Waals surface area contributed by atoms with E-state index in [1.807, 2.05) is 19.9 Å². The quantitative estimate of drug-likeness (QED) is 0.589. The lowest BCUT2D eigenvalue weighted by molar-refractivity contribution is -0.137. The Balaban J connectivity index is 1.70. The molecule has 0 radical (unpaired) electrons. The molecule has 2 amide bonds. The Kier molecular flexibility index (Phi) is 7.90. The van der Waals surface area contributed by atoms with Crippen LogP contribution in [0.1, 0.15) is 37.0 Å². The van der Waals surface area contributed by atoms with Crippen LogP contribution in [0.15, 0.2) is 47.6 Å². The molecule has 0 aromatic heterocycles. The van der Waals surface area contributed by atoms with Crippen molar-refractivity contribution in [2.45, 2.75) is 45.1 Å². The van der Waals surface area contributed by atoms with E-state index in [9.17, 15) is 18.0 Å². The highest BCUT2D eigenvalue weighted by Gasteiger charge is 2.31. The third-order valence-corrected chi connectivity index (χ3v) is 5.23. The number of oxime groups is 1. The van der Waals surface area contributed by atoms with Crippen LogP contribution in [0.4, 0.5) is 18.0 Å². The third-order valence-electron chi connectivity index (χ3n) is 5.23. The van der Waals surface area contributed by atoms with Gasteiger partial charge in [-0.3, -0.25) is 0 Å². The summed E-state index contributed by atoms with van der Waals surface area (Å²) >= 11 is 0. The van der Waals surface area contributed by atoms with Crippen LogP contribution in [0.5, 0.6) is 11.5 Å². The first-order valence-corrected chi connectivity index (χ1v) is 10.8. The highest BCUT2D eigenvalue weighted by Crippen LogP contribution is 2.31. The number of hydrogen-bond donors (Lipinski definition) is 1. The molecule has 1 heterocycles. The molecule has 0 saturated heterocycles. The SMILES string of the molecule is COc1ccc(C2=NO[C@H](CN(Cc3ccc(C(F)(F)F)cc3)C(=O)NC(C)C)C2)cc1OC. The standard InChI is InChI=1S/C24H28F3N3O4/c1-15(2)28-23(31)30(13-16-5-8-18(9-6-16)24(25,26)27)14-19-12-20(29-34-19)17-7-10-21(32-3)22(11-17)33-4/h5-11,15,19H,12-14H2,1-4H3,(H,28,31)/t19-/m0/s1. The molecule has 34 heavy (non-hydrogen) atoms. The van der Waals surface area contributed by atoms with E-state index in [1.54, 1.807) is 26.4 Å². The number of hydrogen-bond acceptors (Lipinski definition) is 5. The fourth-order valence-corrected chi connectivity index (χ4v) is 3.54. The Bertz CT molecular complexity index is 1020. The van der Waals surface area contributed by atoms with Gasteiger partial charge in [0.2, 0.25) is 0 Å². The number of benzene rings is 2. The predicted octanol–water partition coefficient (Wildman–Crippen LogP) is 4.84. The molecule has 184 valence electrons. The largest absolute Gasteiger partial charge is 0.493 e. The molecular formula is C24H28F3N3O4. The lowest BCUT2D eigenvalue weighted by atomic mass is 10.0. The van der Waals surface area contributed by atoms with Gasteiger partial charge in [0.1, 0.15) is 0 Å². The minimum Gasteiger partial charge on any atom is -0.493 e. The summed E-state index contributed by atoms with van der Waals surface area (Å²) in [6.45, 7) is 4.00. The molecule has 1 aliphatic rings. The number of nitrogens with one attached hydrogen (secondary N) is 1. The second kappa shape index (κ2) is 10.7. The van der Waals surface area contributed by atoms with Crippen LogP contribution >= 0.6 is 0 Å². The molecule has 0 aliphatic carbocycles. The van der Waals surface area contributed by atoms with Gasteiger partial charge >= 0.3 is 12.2 Å². The maximum atomic E-state index is 12.9. The average molecular weight is 479 g/mol. The van der Waals surface area contributed by atoms with Crippen molar-refractivity contribution in [3.63, 3.8) is 0 Å². The van der Waals surface area contributed by atoms with E-state index in [-0.39, 0.29) is 25.2 Å². The summed E-state index contributed by atoms with van der Waals surface area (Å²) < 4.78 is 49.2. The van der Waals surface area contributed by atoms with Gasteiger partial charge in [0.05, 0.1) is 32.0 Å². The Labute approximate surface area is 196 Å². The first kappa shape index (κ1) is 25.2. The van der Waals surface area contributed by atoms with Crippen molar-refractivity contribution in [1.82, 2.24) is 10.2 Å². The van der Waals surface area contributed by atoms with Crippen LogP contribution in [0.3, 0.4) is 0 Å². The molecule has 1 N–H and O–H groups in total. The lowest BCUT2D eigenvalue weighted by Crippen LogP contribution is -2.45.